The Morgan fingerprint density at radius 1 is 1.20 bits per heavy atom. The Morgan fingerprint density at radius 2 is 1.95 bits per heavy atom. The molecule has 0 atom stereocenters. The SMILES string of the molecule is Nc1nn(-c2cc(C(F)(F)F)ccc2F)c2c1CCC2. The summed E-state index contributed by atoms with van der Waals surface area (Å²) in [6.07, 6.45) is -2.32. The maximum atomic E-state index is 13.9. The van der Waals surface area contributed by atoms with E-state index in [-0.39, 0.29) is 11.5 Å². The third-order valence-corrected chi connectivity index (χ3v) is 3.46. The molecule has 0 fully saturated rings. The van der Waals surface area contributed by atoms with Gasteiger partial charge in [-0.25, -0.2) is 9.07 Å². The van der Waals surface area contributed by atoms with Crippen LogP contribution in [0.25, 0.3) is 5.69 Å². The van der Waals surface area contributed by atoms with Crippen molar-refractivity contribution < 1.29 is 17.6 Å². The number of hydrogen-bond donors (Lipinski definition) is 1. The molecule has 2 aromatic rings. The molecule has 0 bridgehead atoms. The van der Waals surface area contributed by atoms with Crippen molar-refractivity contribution in [1.82, 2.24) is 9.78 Å². The maximum absolute atomic E-state index is 13.9. The fourth-order valence-electron chi connectivity index (χ4n) is 2.52. The number of hydrogen-bond acceptors (Lipinski definition) is 2. The molecule has 106 valence electrons. The van der Waals surface area contributed by atoms with Gasteiger partial charge in [-0.05, 0) is 37.5 Å². The Labute approximate surface area is 112 Å². The third-order valence-electron chi connectivity index (χ3n) is 3.46. The Morgan fingerprint density at radius 3 is 2.65 bits per heavy atom. The minimum absolute atomic E-state index is 0.213. The fourth-order valence-corrected chi connectivity index (χ4v) is 2.52. The van der Waals surface area contributed by atoms with Crippen LogP contribution in [0, 0.1) is 5.82 Å². The largest absolute Gasteiger partial charge is 0.416 e. The summed E-state index contributed by atoms with van der Waals surface area (Å²) in [4.78, 5) is 0. The van der Waals surface area contributed by atoms with Gasteiger partial charge in [0, 0.05) is 11.3 Å². The first-order valence-corrected chi connectivity index (χ1v) is 6.11. The predicted octanol–water partition coefficient (Wildman–Crippen LogP) is 3.10. The predicted molar refractivity (Wildman–Crippen MR) is 65.0 cm³/mol. The topological polar surface area (TPSA) is 43.8 Å². The molecule has 1 aliphatic carbocycles. The first-order chi connectivity index (χ1) is 9.38. The number of nitrogens with two attached hydrogens (primary N) is 1. The van der Waals surface area contributed by atoms with Gasteiger partial charge in [0.2, 0.25) is 0 Å². The van der Waals surface area contributed by atoms with Crippen molar-refractivity contribution in [2.75, 3.05) is 5.73 Å². The average molecular weight is 285 g/mol. The van der Waals surface area contributed by atoms with E-state index in [9.17, 15) is 17.6 Å². The van der Waals surface area contributed by atoms with E-state index < -0.39 is 17.6 Å². The molecule has 2 N–H and O–H groups in total. The lowest BCUT2D eigenvalue weighted by molar-refractivity contribution is -0.137. The van der Waals surface area contributed by atoms with Crippen molar-refractivity contribution in [2.45, 2.75) is 25.4 Å². The summed E-state index contributed by atoms with van der Waals surface area (Å²) < 4.78 is 53.2. The number of alkyl halides is 3. The zero-order chi connectivity index (χ0) is 14.5. The number of aromatic nitrogens is 2. The van der Waals surface area contributed by atoms with Crippen LogP contribution in [0.1, 0.15) is 23.2 Å². The van der Waals surface area contributed by atoms with Gasteiger partial charge < -0.3 is 5.73 Å². The van der Waals surface area contributed by atoms with Crippen molar-refractivity contribution in [3.05, 3.63) is 40.8 Å². The van der Waals surface area contributed by atoms with E-state index in [4.69, 9.17) is 5.73 Å². The van der Waals surface area contributed by atoms with Crippen LogP contribution >= 0.6 is 0 Å². The highest BCUT2D eigenvalue weighted by atomic mass is 19.4. The Hall–Kier alpha value is -2.05. The van der Waals surface area contributed by atoms with Crippen molar-refractivity contribution in [3.63, 3.8) is 0 Å². The quantitative estimate of drug-likeness (QED) is 0.818. The summed E-state index contributed by atoms with van der Waals surface area (Å²) in [6.45, 7) is 0. The number of benzene rings is 1. The molecule has 1 heterocycles. The van der Waals surface area contributed by atoms with Gasteiger partial charge in [0.1, 0.15) is 17.3 Å². The minimum Gasteiger partial charge on any atom is -0.382 e. The first-order valence-electron chi connectivity index (χ1n) is 6.11. The lowest BCUT2D eigenvalue weighted by Gasteiger charge is -2.11. The van der Waals surface area contributed by atoms with Crippen LogP contribution in [0.4, 0.5) is 23.4 Å². The maximum Gasteiger partial charge on any atom is 0.416 e. The normalized spacial score (nSPS) is 14.6. The lowest BCUT2D eigenvalue weighted by atomic mass is 10.2. The molecule has 3 nitrogen and oxygen atoms in total. The van der Waals surface area contributed by atoms with Gasteiger partial charge in [-0.2, -0.15) is 18.3 Å². The second-order valence-electron chi connectivity index (χ2n) is 4.74. The summed E-state index contributed by atoms with van der Waals surface area (Å²) in [6, 6.07) is 2.28. The standard InChI is InChI=1S/C13H11F4N3/c14-9-5-4-7(13(15,16)17)6-11(9)20-10-3-1-2-8(10)12(18)19-20/h4-6H,1-3H2,(H2,18,19). The van der Waals surface area contributed by atoms with Crippen molar-refractivity contribution >= 4 is 5.82 Å². The van der Waals surface area contributed by atoms with Crippen molar-refractivity contribution in [3.8, 4) is 5.69 Å². The zero-order valence-electron chi connectivity index (χ0n) is 10.3. The van der Waals surface area contributed by atoms with Crippen molar-refractivity contribution in [1.29, 1.82) is 0 Å². The van der Waals surface area contributed by atoms with E-state index in [0.717, 1.165) is 30.5 Å². The summed E-state index contributed by atoms with van der Waals surface area (Å²) in [5, 5.41) is 3.97. The van der Waals surface area contributed by atoms with Crippen LogP contribution < -0.4 is 5.73 Å². The minimum atomic E-state index is -4.52. The molecule has 0 unspecified atom stereocenters. The summed E-state index contributed by atoms with van der Waals surface area (Å²) in [7, 11) is 0. The van der Waals surface area contributed by atoms with Gasteiger partial charge in [-0.3, -0.25) is 0 Å². The van der Waals surface area contributed by atoms with Gasteiger partial charge in [0.15, 0.2) is 0 Å². The molecule has 0 spiro atoms. The Bertz CT molecular complexity index is 673. The van der Waals surface area contributed by atoms with Crippen LogP contribution in [0.15, 0.2) is 18.2 Å². The molecular formula is C13H11F4N3. The van der Waals surface area contributed by atoms with E-state index in [1.54, 1.807) is 0 Å². The van der Waals surface area contributed by atoms with E-state index in [1.165, 1.54) is 4.68 Å². The molecule has 0 radical (unpaired) electrons. The number of anilines is 1. The van der Waals surface area contributed by atoms with Crippen LogP contribution in [0.3, 0.4) is 0 Å². The second-order valence-corrected chi connectivity index (χ2v) is 4.74. The molecule has 0 saturated heterocycles. The summed E-state index contributed by atoms with van der Waals surface area (Å²) in [5.74, 6) is -0.496. The molecule has 3 rings (SSSR count). The van der Waals surface area contributed by atoms with E-state index in [2.05, 4.69) is 5.10 Å². The molecule has 1 aromatic carbocycles. The number of halogens is 4. The highest BCUT2D eigenvalue weighted by Gasteiger charge is 2.32. The Kier molecular flexibility index (Phi) is 2.74. The van der Waals surface area contributed by atoms with Crippen LogP contribution in [-0.4, -0.2) is 9.78 Å². The summed E-state index contributed by atoms with van der Waals surface area (Å²) in [5.41, 5.74) is 6.11. The highest BCUT2D eigenvalue weighted by Crippen LogP contribution is 2.34. The van der Waals surface area contributed by atoms with Gasteiger partial charge in [-0.1, -0.05) is 0 Å². The monoisotopic (exact) mass is 285 g/mol. The third kappa shape index (κ3) is 1.93. The zero-order valence-corrected chi connectivity index (χ0v) is 10.3. The molecule has 0 amide bonds. The van der Waals surface area contributed by atoms with E-state index in [1.807, 2.05) is 0 Å². The lowest BCUT2D eigenvalue weighted by Crippen LogP contribution is -2.09. The van der Waals surface area contributed by atoms with Gasteiger partial charge in [-0.15, -0.1) is 0 Å². The molecule has 20 heavy (non-hydrogen) atoms. The molecule has 7 heteroatoms. The molecule has 0 saturated carbocycles. The van der Waals surface area contributed by atoms with Crippen LogP contribution in [-0.2, 0) is 19.0 Å². The van der Waals surface area contributed by atoms with Gasteiger partial charge >= 0.3 is 6.18 Å². The fraction of sp³-hybridized carbons (Fsp3) is 0.308. The number of fused-ring (bicyclic) bond motifs is 1. The average Bonchev–Trinajstić information content (AvgIpc) is 2.93. The summed E-state index contributed by atoms with van der Waals surface area (Å²) >= 11 is 0. The number of nitrogen functional groups attached to an aromatic ring is 1. The molecular weight excluding hydrogens is 274 g/mol. The number of nitrogens with zero attached hydrogens (tertiary/aromatic N) is 2. The van der Waals surface area contributed by atoms with Crippen LogP contribution in [0.2, 0.25) is 0 Å². The molecule has 1 aromatic heterocycles. The number of rotatable bonds is 1. The second kappa shape index (κ2) is 4.22. The van der Waals surface area contributed by atoms with Crippen molar-refractivity contribution in [2.24, 2.45) is 0 Å². The van der Waals surface area contributed by atoms with Crippen LogP contribution in [0.5, 0.6) is 0 Å². The Balaban J connectivity index is 2.18. The smallest absolute Gasteiger partial charge is 0.382 e. The highest BCUT2D eigenvalue weighted by molar-refractivity contribution is 5.50. The molecule has 1 aliphatic rings. The first kappa shape index (κ1) is 13.0. The molecule has 0 aliphatic heterocycles. The van der Waals surface area contributed by atoms with Gasteiger partial charge in [0.25, 0.3) is 0 Å². The van der Waals surface area contributed by atoms with E-state index >= 15 is 0 Å². The van der Waals surface area contributed by atoms with Gasteiger partial charge in [0.05, 0.1) is 5.56 Å². The van der Waals surface area contributed by atoms with E-state index in [0.29, 0.717) is 18.2 Å².